The van der Waals surface area contributed by atoms with Crippen LogP contribution in [0.2, 0.25) is 0 Å². The van der Waals surface area contributed by atoms with Crippen LogP contribution in [0.15, 0.2) is 168 Å². The zero-order valence-corrected chi connectivity index (χ0v) is 40.7. The molecule has 3 aliphatic heterocycles. The number of fused-ring (bicyclic) bond motifs is 23. The summed E-state index contributed by atoms with van der Waals surface area (Å²) in [6.07, 6.45) is 11.5. The van der Waals surface area contributed by atoms with Gasteiger partial charge in [-0.15, -0.1) is 0 Å². The SMILES string of the molecule is CC1C2CCC1CC(C)(c1cc3c4c(c1)c1cc(C5(C)CC=C6CC6C5)ccc1n4B1c4cccc5c4N(c4ccccc4C54c5ccccc5-c5ccccc54)c4cc5c(oc6ccccc65)c-3c41)C2. The van der Waals surface area contributed by atoms with Gasteiger partial charge in [0.2, 0.25) is 0 Å². The van der Waals surface area contributed by atoms with Crippen molar-refractivity contribution in [3.05, 3.63) is 197 Å². The maximum absolute atomic E-state index is 7.32. The average molecular weight is 913 g/mol. The number of furan rings is 1. The van der Waals surface area contributed by atoms with Gasteiger partial charge in [-0.2, -0.15) is 0 Å². The summed E-state index contributed by atoms with van der Waals surface area (Å²) in [5, 5.41) is 5.20. The zero-order chi connectivity index (χ0) is 46.4. The molecule has 340 valence electrons. The minimum absolute atomic E-state index is 0.0891. The summed E-state index contributed by atoms with van der Waals surface area (Å²) in [6, 6.07) is 59.7. The van der Waals surface area contributed by atoms with Gasteiger partial charge in [0, 0.05) is 55.1 Å². The summed E-state index contributed by atoms with van der Waals surface area (Å²) in [7, 11) is 0. The Bertz CT molecular complexity index is 4100. The highest BCUT2D eigenvalue weighted by atomic mass is 16.3. The molecule has 0 amide bonds. The van der Waals surface area contributed by atoms with E-state index in [4.69, 9.17) is 4.42 Å². The summed E-state index contributed by atoms with van der Waals surface area (Å²) in [4.78, 5) is 2.70. The van der Waals surface area contributed by atoms with Crippen molar-refractivity contribution in [2.75, 3.05) is 4.90 Å². The van der Waals surface area contributed by atoms with E-state index in [-0.39, 0.29) is 17.7 Å². The molecule has 5 aliphatic carbocycles. The molecule has 0 radical (unpaired) electrons. The van der Waals surface area contributed by atoms with Crippen molar-refractivity contribution < 1.29 is 4.42 Å². The Labute approximate surface area is 414 Å². The summed E-state index contributed by atoms with van der Waals surface area (Å²) in [6.45, 7) is 7.64. The van der Waals surface area contributed by atoms with E-state index in [1.54, 1.807) is 5.57 Å². The van der Waals surface area contributed by atoms with Crippen LogP contribution in [0.4, 0.5) is 17.1 Å². The molecule has 0 saturated heterocycles. The molecule has 5 heterocycles. The lowest BCUT2D eigenvalue weighted by molar-refractivity contribution is 0.162. The third-order valence-corrected chi connectivity index (χ3v) is 20.7. The molecule has 18 rings (SSSR count). The fourth-order valence-electron chi connectivity index (χ4n) is 17.3. The van der Waals surface area contributed by atoms with E-state index in [1.807, 2.05) is 0 Å². The highest BCUT2D eigenvalue weighted by Crippen LogP contribution is 2.65. The Balaban J connectivity index is 1.00. The zero-order valence-electron chi connectivity index (χ0n) is 40.7. The second kappa shape index (κ2) is 12.7. The van der Waals surface area contributed by atoms with Gasteiger partial charge >= 0.3 is 6.85 Å². The quantitative estimate of drug-likeness (QED) is 0.127. The standard InChI is InChI=1S/C67H53BN2O/c1-37-39-23-24-40(37)35-66(3,34-39)43-31-48-47-30-42(65(2)28-27-38-29-41(38)36-65)25-26-56(47)70-62(48)50(32-43)60-61-58(33-49-46-15-6-11-22-59(46)71-64(49)60)69-57-21-10-9-18-53(57)67(54-19-12-20-55(63(54)69)68(61)70)51-16-7-4-13-44(51)45-14-5-8-17-52(45)67/h4-22,25-27,30-33,37,39-41H,23-24,28-29,34-36H2,1-3H3. The summed E-state index contributed by atoms with van der Waals surface area (Å²) >= 11 is 0. The number of para-hydroxylation sites is 3. The van der Waals surface area contributed by atoms with E-state index < -0.39 is 5.41 Å². The van der Waals surface area contributed by atoms with E-state index >= 15 is 0 Å². The second-order valence-corrected chi connectivity index (χ2v) is 24.1. The van der Waals surface area contributed by atoms with Crippen molar-refractivity contribution in [1.29, 1.82) is 0 Å². The highest BCUT2D eigenvalue weighted by molar-refractivity contribution is 6.90. The fourth-order valence-corrected chi connectivity index (χ4v) is 17.3. The van der Waals surface area contributed by atoms with Gasteiger partial charge in [0.05, 0.1) is 11.1 Å². The molecule has 10 aromatic rings. The molecule has 3 nitrogen and oxygen atoms in total. The van der Waals surface area contributed by atoms with Crippen LogP contribution in [0.5, 0.6) is 0 Å². The lowest BCUT2D eigenvalue weighted by Crippen LogP contribution is -2.58. The minimum atomic E-state index is -0.499. The van der Waals surface area contributed by atoms with Crippen LogP contribution in [-0.4, -0.2) is 11.3 Å². The molecule has 3 saturated carbocycles. The predicted octanol–water partition coefficient (Wildman–Crippen LogP) is 15.5. The van der Waals surface area contributed by atoms with Crippen LogP contribution >= 0.6 is 0 Å². The molecule has 1 spiro atoms. The number of hydrogen-bond acceptors (Lipinski definition) is 2. The molecular weight excluding hydrogens is 860 g/mol. The van der Waals surface area contributed by atoms with Crippen molar-refractivity contribution >= 4 is 78.6 Å². The second-order valence-electron chi connectivity index (χ2n) is 24.1. The Morgan fingerprint density at radius 1 is 0.592 bits per heavy atom. The molecule has 2 aromatic heterocycles. The molecule has 8 aromatic carbocycles. The van der Waals surface area contributed by atoms with Gasteiger partial charge in [0.15, 0.2) is 0 Å². The van der Waals surface area contributed by atoms with E-state index in [0.717, 1.165) is 41.3 Å². The highest BCUT2D eigenvalue weighted by Gasteiger charge is 2.56. The number of aromatic nitrogens is 1. The molecular formula is C67H53BN2O. The maximum atomic E-state index is 7.32. The summed E-state index contributed by atoms with van der Waals surface area (Å²) in [5.41, 5.74) is 26.4. The first-order valence-electron chi connectivity index (χ1n) is 26.8. The van der Waals surface area contributed by atoms with Crippen LogP contribution in [0, 0.1) is 23.7 Å². The molecule has 4 unspecified atom stereocenters. The lowest BCUT2D eigenvalue weighted by Gasteiger charge is -2.49. The third kappa shape index (κ3) is 4.50. The average Bonchev–Trinajstić information content (AvgIpc) is 3.72. The predicted molar refractivity (Wildman–Crippen MR) is 293 cm³/mol. The van der Waals surface area contributed by atoms with Crippen molar-refractivity contribution in [3.63, 3.8) is 0 Å². The number of allylic oxidation sites excluding steroid dienone is 2. The normalized spacial score (nSPS) is 26.1. The Kier molecular flexibility index (Phi) is 6.92. The Hall–Kier alpha value is -7.04. The molecule has 4 heteroatoms. The molecule has 8 aliphatic rings. The van der Waals surface area contributed by atoms with Gasteiger partial charge in [-0.25, -0.2) is 0 Å². The van der Waals surface area contributed by atoms with Crippen molar-refractivity contribution in [1.82, 2.24) is 4.48 Å². The Morgan fingerprint density at radius 3 is 2.11 bits per heavy atom. The molecule has 0 N–H and O–H groups in total. The van der Waals surface area contributed by atoms with Crippen LogP contribution in [0.1, 0.15) is 99.1 Å². The number of anilines is 3. The third-order valence-electron chi connectivity index (χ3n) is 20.7. The Morgan fingerprint density at radius 2 is 1.31 bits per heavy atom. The molecule has 3 fully saturated rings. The number of rotatable bonds is 2. The van der Waals surface area contributed by atoms with Gasteiger partial charge in [-0.3, -0.25) is 0 Å². The minimum Gasteiger partial charge on any atom is -0.455 e. The summed E-state index contributed by atoms with van der Waals surface area (Å²) in [5.74, 6) is 3.14. The summed E-state index contributed by atoms with van der Waals surface area (Å²) < 4.78 is 10.1. The van der Waals surface area contributed by atoms with Gasteiger partial charge in [-0.05, 0) is 177 Å². The monoisotopic (exact) mass is 912 g/mol. The smallest absolute Gasteiger partial charge is 0.333 e. The number of hydrogen-bond donors (Lipinski definition) is 0. The first-order chi connectivity index (χ1) is 34.8. The van der Waals surface area contributed by atoms with Gasteiger partial charge < -0.3 is 13.8 Å². The van der Waals surface area contributed by atoms with E-state index in [9.17, 15) is 0 Å². The maximum Gasteiger partial charge on any atom is 0.333 e. The molecule has 4 atom stereocenters. The van der Waals surface area contributed by atoms with Crippen LogP contribution in [-0.2, 0) is 16.2 Å². The van der Waals surface area contributed by atoms with Crippen molar-refractivity contribution in [2.24, 2.45) is 23.7 Å². The van der Waals surface area contributed by atoms with E-state index in [1.165, 1.54) is 155 Å². The van der Waals surface area contributed by atoms with E-state index in [2.05, 4.69) is 188 Å². The van der Waals surface area contributed by atoms with Gasteiger partial charge in [0.1, 0.15) is 11.2 Å². The van der Waals surface area contributed by atoms with Crippen molar-refractivity contribution in [2.45, 2.75) is 82.0 Å². The van der Waals surface area contributed by atoms with Gasteiger partial charge in [0.25, 0.3) is 0 Å². The first kappa shape index (κ1) is 38.7. The van der Waals surface area contributed by atoms with E-state index in [0.29, 0.717) is 0 Å². The van der Waals surface area contributed by atoms with Gasteiger partial charge in [-0.1, -0.05) is 142 Å². The van der Waals surface area contributed by atoms with Crippen molar-refractivity contribution in [3.8, 4) is 22.3 Å². The molecule has 2 bridgehead atoms. The largest absolute Gasteiger partial charge is 0.455 e. The topological polar surface area (TPSA) is 21.3 Å². The number of nitrogens with zero attached hydrogens (tertiary/aromatic N) is 2. The van der Waals surface area contributed by atoms with Crippen LogP contribution in [0.25, 0.3) is 66.0 Å². The molecule has 71 heavy (non-hydrogen) atoms. The fraction of sp³-hybridized carbons (Fsp3) is 0.254. The van der Waals surface area contributed by atoms with Crippen LogP contribution in [0.3, 0.4) is 0 Å². The number of benzene rings is 8. The first-order valence-corrected chi connectivity index (χ1v) is 26.8. The van der Waals surface area contributed by atoms with Crippen LogP contribution < -0.4 is 15.8 Å². The lowest BCUT2D eigenvalue weighted by atomic mass is 9.43.